The fraction of sp³-hybridized carbons (Fsp3) is 0.375. The van der Waals surface area contributed by atoms with Crippen LogP contribution in [-0.2, 0) is 14.8 Å². The number of hydrogen-bond donors (Lipinski definition) is 2. The lowest BCUT2D eigenvalue weighted by molar-refractivity contribution is -0.123. The average molecular weight is 446 g/mol. The van der Waals surface area contributed by atoms with Crippen LogP contribution in [0.2, 0.25) is 0 Å². The van der Waals surface area contributed by atoms with Crippen LogP contribution in [0.1, 0.15) is 27.7 Å². The average Bonchev–Trinajstić information content (AvgIpc) is 2.96. The van der Waals surface area contributed by atoms with Crippen molar-refractivity contribution < 1.29 is 13.2 Å². The summed E-state index contributed by atoms with van der Waals surface area (Å²) >= 11 is 4.59. The first kappa shape index (κ1) is 20.0. The Kier molecular flexibility index (Phi) is 6.03. The van der Waals surface area contributed by atoms with Crippen molar-refractivity contribution in [1.82, 2.24) is 15.0 Å². The van der Waals surface area contributed by atoms with Gasteiger partial charge in [0.1, 0.15) is 5.01 Å². The number of hydrogen-bond acceptors (Lipinski definition) is 5. The summed E-state index contributed by atoms with van der Waals surface area (Å²) in [6.45, 7) is 6.99. The van der Waals surface area contributed by atoms with Gasteiger partial charge in [-0.3, -0.25) is 4.79 Å². The minimum Gasteiger partial charge on any atom is -0.350 e. The highest BCUT2D eigenvalue weighted by Crippen LogP contribution is 2.26. The first-order chi connectivity index (χ1) is 11.5. The van der Waals surface area contributed by atoms with Gasteiger partial charge in [-0.15, -0.1) is 11.3 Å². The van der Waals surface area contributed by atoms with E-state index in [1.54, 1.807) is 0 Å². The number of rotatable bonds is 5. The molecule has 1 aromatic carbocycles. The van der Waals surface area contributed by atoms with Crippen LogP contribution in [0.15, 0.2) is 39.1 Å². The third-order valence-corrected chi connectivity index (χ3v) is 6.07. The SMILES string of the molecule is CC(NS(=O)(=O)c1csc(-c2ccc(Br)cc2)n1)C(=O)NC(C)(C)C. The summed E-state index contributed by atoms with van der Waals surface area (Å²) in [6.07, 6.45) is 0. The van der Waals surface area contributed by atoms with E-state index in [0.29, 0.717) is 5.01 Å². The second kappa shape index (κ2) is 7.53. The molecule has 0 radical (unpaired) electrons. The molecule has 1 aromatic heterocycles. The Labute approximate surface area is 160 Å². The van der Waals surface area contributed by atoms with Gasteiger partial charge >= 0.3 is 0 Å². The lowest BCUT2D eigenvalue weighted by atomic mass is 10.1. The molecule has 2 rings (SSSR count). The molecule has 0 aliphatic rings. The first-order valence-electron chi connectivity index (χ1n) is 7.54. The van der Waals surface area contributed by atoms with E-state index in [4.69, 9.17) is 0 Å². The molecule has 0 bridgehead atoms. The minimum absolute atomic E-state index is 0.0918. The molecular weight excluding hydrogens is 426 g/mol. The fourth-order valence-corrected chi connectivity index (χ4v) is 4.50. The molecule has 0 fully saturated rings. The van der Waals surface area contributed by atoms with E-state index >= 15 is 0 Å². The quantitative estimate of drug-likeness (QED) is 0.739. The summed E-state index contributed by atoms with van der Waals surface area (Å²) in [5, 5.41) is 4.71. The number of carbonyl (C=O) groups excluding carboxylic acids is 1. The number of amides is 1. The summed E-state index contributed by atoms with van der Waals surface area (Å²) in [7, 11) is -3.88. The summed E-state index contributed by atoms with van der Waals surface area (Å²) in [6, 6.07) is 6.53. The highest BCUT2D eigenvalue weighted by Gasteiger charge is 2.26. The third kappa shape index (κ3) is 5.60. The van der Waals surface area contributed by atoms with Crippen LogP contribution >= 0.6 is 27.3 Å². The molecule has 1 unspecified atom stereocenters. The zero-order chi connectivity index (χ0) is 18.8. The zero-order valence-electron chi connectivity index (χ0n) is 14.3. The van der Waals surface area contributed by atoms with Gasteiger partial charge in [-0.1, -0.05) is 28.1 Å². The van der Waals surface area contributed by atoms with Crippen LogP contribution in [0.4, 0.5) is 0 Å². The van der Waals surface area contributed by atoms with Crippen molar-refractivity contribution in [3.05, 3.63) is 34.1 Å². The topological polar surface area (TPSA) is 88.2 Å². The van der Waals surface area contributed by atoms with Crippen molar-refractivity contribution in [3.63, 3.8) is 0 Å². The lowest BCUT2D eigenvalue weighted by Gasteiger charge is -2.23. The highest BCUT2D eigenvalue weighted by molar-refractivity contribution is 9.10. The monoisotopic (exact) mass is 445 g/mol. The second-order valence-electron chi connectivity index (χ2n) is 6.58. The van der Waals surface area contributed by atoms with E-state index in [-0.39, 0.29) is 10.9 Å². The second-order valence-corrected chi connectivity index (χ2v) is 10.0. The van der Waals surface area contributed by atoms with E-state index in [2.05, 4.69) is 31.0 Å². The minimum atomic E-state index is -3.88. The number of carbonyl (C=O) groups is 1. The predicted octanol–water partition coefficient (Wildman–Crippen LogP) is 3.15. The highest BCUT2D eigenvalue weighted by atomic mass is 79.9. The predicted molar refractivity (Wildman–Crippen MR) is 103 cm³/mol. The Bertz CT molecular complexity index is 855. The van der Waals surface area contributed by atoms with E-state index in [1.165, 1.54) is 23.6 Å². The molecule has 9 heteroatoms. The number of aromatic nitrogens is 1. The van der Waals surface area contributed by atoms with Crippen LogP contribution in [0.3, 0.4) is 0 Å². The number of sulfonamides is 1. The summed E-state index contributed by atoms with van der Waals surface area (Å²) in [4.78, 5) is 16.3. The van der Waals surface area contributed by atoms with Crippen molar-refractivity contribution in [2.75, 3.05) is 0 Å². The molecule has 1 atom stereocenters. The van der Waals surface area contributed by atoms with Gasteiger partial charge in [0.2, 0.25) is 5.91 Å². The van der Waals surface area contributed by atoms with Gasteiger partial charge in [0.05, 0.1) is 6.04 Å². The van der Waals surface area contributed by atoms with Gasteiger partial charge in [-0.25, -0.2) is 13.4 Å². The molecule has 1 heterocycles. The molecular formula is C16H20BrN3O3S2. The Hall–Kier alpha value is -1.29. The molecule has 0 saturated heterocycles. The molecule has 1 amide bonds. The fourth-order valence-electron chi connectivity index (χ4n) is 1.93. The molecule has 25 heavy (non-hydrogen) atoms. The molecule has 0 spiro atoms. The van der Waals surface area contributed by atoms with Crippen molar-refractivity contribution in [1.29, 1.82) is 0 Å². The molecule has 6 nitrogen and oxygen atoms in total. The third-order valence-electron chi connectivity index (χ3n) is 3.07. The molecule has 0 saturated carbocycles. The molecule has 2 aromatic rings. The normalized spacial score (nSPS) is 13.5. The largest absolute Gasteiger partial charge is 0.350 e. The molecule has 0 aliphatic carbocycles. The number of nitrogens with zero attached hydrogens (tertiary/aromatic N) is 1. The van der Waals surface area contributed by atoms with E-state index in [1.807, 2.05) is 45.0 Å². The zero-order valence-corrected chi connectivity index (χ0v) is 17.5. The van der Waals surface area contributed by atoms with E-state index in [0.717, 1.165) is 10.0 Å². The van der Waals surface area contributed by atoms with Crippen LogP contribution in [0.5, 0.6) is 0 Å². The van der Waals surface area contributed by atoms with Crippen LogP contribution < -0.4 is 10.0 Å². The van der Waals surface area contributed by atoms with Crippen molar-refractivity contribution in [2.45, 2.75) is 44.3 Å². The van der Waals surface area contributed by atoms with Crippen LogP contribution in [0, 0.1) is 0 Å². The summed E-state index contributed by atoms with van der Waals surface area (Å²) in [5.41, 5.74) is 0.389. The van der Waals surface area contributed by atoms with Gasteiger partial charge < -0.3 is 5.32 Å². The van der Waals surface area contributed by atoms with Crippen molar-refractivity contribution >= 4 is 43.2 Å². The van der Waals surface area contributed by atoms with Gasteiger partial charge in [0.25, 0.3) is 10.0 Å². The Morgan fingerprint density at radius 3 is 2.40 bits per heavy atom. The number of thiazole rings is 1. The van der Waals surface area contributed by atoms with E-state index in [9.17, 15) is 13.2 Å². The standard InChI is InChI=1S/C16H20BrN3O3S2/c1-10(14(21)19-16(2,3)4)20-25(22,23)13-9-24-15(18-13)11-5-7-12(17)8-6-11/h5-10,20H,1-4H3,(H,19,21). The number of halogens is 1. The van der Waals surface area contributed by atoms with Crippen LogP contribution in [0.25, 0.3) is 10.6 Å². The number of benzene rings is 1. The molecule has 136 valence electrons. The van der Waals surface area contributed by atoms with Gasteiger partial charge in [-0.05, 0) is 39.8 Å². The number of nitrogens with one attached hydrogen (secondary N) is 2. The lowest BCUT2D eigenvalue weighted by Crippen LogP contribution is -2.50. The van der Waals surface area contributed by atoms with Gasteiger partial charge in [0, 0.05) is 21.0 Å². The first-order valence-corrected chi connectivity index (χ1v) is 10.7. The Morgan fingerprint density at radius 2 is 1.84 bits per heavy atom. The van der Waals surface area contributed by atoms with Gasteiger partial charge in [-0.2, -0.15) is 4.72 Å². The van der Waals surface area contributed by atoms with Crippen molar-refractivity contribution in [2.24, 2.45) is 0 Å². The van der Waals surface area contributed by atoms with E-state index < -0.39 is 21.6 Å². The van der Waals surface area contributed by atoms with Crippen LogP contribution in [-0.4, -0.2) is 30.9 Å². The maximum Gasteiger partial charge on any atom is 0.259 e. The van der Waals surface area contributed by atoms with Crippen molar-refractivity contribution in [3.8, 4) is 10.6 Å². The maximum atomic E-state index is 12.5. The summed E-state index contributed by atoms with van der Waals surface area (Å²) < 4.78 is 28.2. The Morgan fingerprint density at radius 1 is 1.24 bits per heavy atom. The molecule has 0 aliphatic heterocycles. The molecule has 2 N–H and O–H groups in total. The Balaban J connectivity index is 2.15. The maximum absolute atomic E-state index is 12.5. The summed E-state index contributed by atoms with van der Waals surface area (Å²) in [5.74, 6) is -0.389. The smallest absolute Gasteiger partial charge is 0.259 e. The van der Waals surface area contributed by atoms with Gasteiger partial charge in [0.15, 0.2) is 5.03 Å².